The van der Waals surface area contributed by atoms with E-state index < -0.39 is 0 Å². The number of methoxy groups -OCH3 is 1. The summed E-state index contributed by atoms with van der Waals surface area (Å²) in [5.41, 5.74) is 1.52. The summed E-state index contributed by atoms with van der Waals surface area (Å²) in [6.45, 7) is 8.74. The number of carbonyl (C=O) groups excluding carboxylic acids is 2. The van der Waals surface area contributed by atoms with E-state index in [2.05, 4.69) is 0 Å². The van der Waals surface area contributed by atoms with E-state index >= 15 is 0 Å². The van der Waals surface area contributed by atoms with Crippen LogP contribution in [0.25, 0.3) is 0 Å². The van der Waals surface area contributed by atoms with E-state index in [1.165, 1.54) is 0 Å². The van der Waals surface area contributed by atoms with Crippen molar-refractivity contribution in [3.63, 3.8) is 0 Å². The summed E-state index contributed by atoms with van der Waals surface area (Å²) in [7, 11) is 1.62. The summed E-state index contributed by atoms with van der Waals surface area (Å²) >= 11 is 0. The zero-order valence-electron chi connectivity index (χ0n) is 14.8. The number of likely N-dealkylation sites (tertiary alicyclic amines) is 1. The second-order valence-electron chi connectivity index (χ2n) is 7.53. The number of ether oxygens (including phenoxy) is 1. The van der Waals surface area contributed by atoms with Gasteiger partial charge in [-0.1, -0.05) is 20.8 Å². The number of benzene rings is 1. The number of amides is 1. The van der Waals surface area contributed by atoms with Crippen molar-refractivity contribution < 1.29 is 14.3 Å². The van der Waals surface area contributed by atoms with Crippen molar-refractivity contribution in [3.05, 3.63) is 29.3 Å². The molecule has 126 valence electrons. The summed E-state index contributed by atoms with van der Waals surface area (Å²) in [5.74, 6) is 0.891. The Morgan fingerprint density at radius 2 is 2.00 bits per heavy atom. The maximum Gasteiger partial charge on any atom is 0.223 e. The molecule has 1 amide bonds. The number of Topliss-reactive ketones (excluding diaryl/α,β-unsaturated/α-hetero) is 1. The molecule has 0 aliphatic carbocycles. The van der Waals surface area contributed by atoms with Crippen LogP contribution >= 0.6 is 0 Å². The van der Waals surface area contributed by atoms with Gasteiger partial charge in [0.2, 0.25) is 5.91 Å². The molecule has 0 spiro atoms. The van der Waals surface area contributed by atoms with Crippen LogP contribution in [0.15, 0.2) is 18.2 Å². The van der Waals surface area contributed by atoms with Crippen LogP contribution in [0.3, 0.4) is 0 Å². The van der Waals surface area contributed by atoms with Gasteiger partial charge < -0.3 is 9.64 Å². The van der Waals surface area contributed by atoms with E-state index in [4.69, 9.17) is 4.74 Å². The second-order valence-corrected chi connectivity index (χ2v) is 7.53. The van der Waals surface area contributed by atoms with Gasteiger partial charge in [0.25, 0.3) is 0 Å². The average Bonchev–Trinajstić information content (AvgIpc) is 2.94. The molecule has 4 nitrogen and oxygen atoms in total. The Morgan fingerprint density at radius 3 is 2.57 bits per heavy atom. The van der Waals surface area contributed by atoms with Crippen molar-refractivity contribution in [1.82, 2.24) is 4.90 Å². The first kappa shape index (κ1) is 17.5. The van der Waals surface area contributed by atoms with E-state index in [0.717, 1.165) is 24.2 Å². The van der Waals surface area contributed by atoms with E-state index in [0.29, 0.717) is 18.5 Å². The Hall–Kier alpha value is -1.84. The van der Waals surface area contributed by atoms with Gasteiger partial charge in [-0.2, -0.15) is 0 Å². The zero-order valence-corrected chi connectivity index (χ0v) is 14.8. The van der Waals surface area contributed by atoms with Crippen molar-refractivity contribution in [3.8, 4) is 5.75 Å². The highest BCUT2D eigenvalue weighted by molar-refractivity contribution is 6.02. The van der Waals surface area contributed by atoms with Crippen LogP contribution in [0.4, 0.5) is 0 Å². The third-order valence-corrected chi connectivity index (χ3v) is 4.24. The van der Waals surface area contributed by atoms with Crippen LogP contribution < -0.4 is 4.74 Å². The topological polar surface area (TPSA) is 46.6 Å². The minimum absolute atomic E-state index is 0.0375. The molecule has 1 aliphatic heterocycles. The molecule has 0 bridgehead atoms. The molecule has 1 fully saturated rings. The number of hydrogen-bond acceptors (Lipinski definition) is 3. The maximum atomic E-state index is 12.8. The molecular weight excluding hydrogens is 290 g/mol. The normalized spacial score (nSPS) is 18.1. The summed E-state index contributed by atoms with van der Waals surface area (Å²) < 4.78 is 5.24. The molecule has 1 aliphatic rings. The predicted octanol–water partition coefficient (Wildman–Crippen LogP) is 3.61. The molecule has 0 N–H and O–H groups in total. The highest BCUT2D eigenvalue weighted by atomic mass is 16.5. The SMILES string of the molecule is COc1ccc(C(=O)C2CCCN2C(=O)CC(C)(C)C)cc1C. The Labute approximate surface area is 138 Å². The molecule has 1 atom stereocenters. The number of carbonyl (C=O) groups is 2. The lowest BCUT2D eigenvalue weighted by Gasteiger charge is -2.27. The number of rotatable bonds is 4. The highest BCUT2D eigenvalue weighted by Crippen LogP contribution is 2.27. The summed E-state index contributed by atoms with van der Waals surface area (Å²) in [4.78, 5) is 27.1. The highest BCUT2D eigenvalue weighted by Gasteiger charge is 2.35. The van der Waals surface area contributed by atoms with Crippen LogP contribution in [0.2, 0.25) is 0 Å². The lowest BCUT2D eigenvalue weighted by molar-refractivity contribution is -0.133. The Balaban J connectivity index is 2.17. The van der Waals surface area contributed by atoms with Gasteiger partial charge in [-0.25, -0.2) is 0 Å². The molecule has 0 saturated carbocycles. The Morgan fingerprint density at radius 1 is 1.30 bits per heavy atom. The van der Waals surface area contributed by atoms with Gasteiger partial charge in [-0.05, 0) is 48.9 Å². The molecule has 1 aromatic carbocycles. The van der Waals surface area contributed by atoms with Crippen molar-refractivity contribution in [2.24, 2.45) is 5.41 Å². The monoisotopic (exact) mass is 317 g/mol. The number of ketones is 1. The minimum atomic E-state index is -0.322. The second kappa shape index (κ2) is 6.73. The van der Waals surface area contributed by atoms with Crippen molar-refractivity contribution >= 4 is 11.7 Å². The number of nitrogens with zero attached hydrogens (tertiary/aromatic N) is 1. The standard InChI is InChI=1S/C19H27NO3/c1-13-11-14(8-9-16(13)23-5)18(22)15-7-6-10-20(15)17(21)12-19(2,3)4/h8-9,11,15H,6-7,10,12H2,1-5H3. The molecular formula is C19H27NO3. The smallest absolute Gasteiger partial charge is 0.223 e. The van der Waals surface area contributed by atoms with Crippen molar-refractivity contribution in [2.75, 3.05) is 13.7 Å². The van der Waals surface area contributed by atoms with Gasteiger partial charge in [0.1, 0.15) is 5.75 Å². The first-order valence-corrected chi connectivity index (χ1v) is 8.21. The van der Waals surface area contributed by atoms with E-state index in [9.17, 15) is 9.59 Å². The van der Waals surface area contributed by atoms with Gasteiger partial charge in [0, 0.05) is 18.5 Å². The van der Waals surface area contributed by atoms with Gasteiger partial charge in [0.15, 0.2) is 5.78 Å². The number of hydrogen-bond donors (Lipinski definition) is 0. The molecule has 1 unspecified atom stereocenters. The van der Waals surface area contributed by atoms with Crippen molar-refractivity contribution in [2.45, 2.75) is 53.0 Å². The molecule has 1 heterocycles. The largest absolute Gasteiger partial charge is 0.496 e. The molecule has 0 radical (unpaired) electrons. The summed E-state index contributed by atoms with van der Waals surface area (Å²) in [5, 5.41) is 0. The molecule has 23 heavy (non-hydrogen) atoms. The van der Waals surface area contributed by atoms with Crippen LogP contribution in [-0.2, 0) is 4.79 Å². The van der Waals surface area contributed by atoms with Crippen molar-refractivity contribution in [1.29, 1.82) is 0 Å². The van der Waals surface area contributed by atoms with E-state index in [1.54, 1.807) is 18.1 Å². The van der Waals surface area contributed by atoms with Gasteiger partial charge in [-0.15, -0.1) is 0 Å². The van der Waals surface area contributed by atoms with Crippen LogP contribution in [0.5, 0.6) is 5.75 Å². The first-order valence-electron chi connectivity index (χ1n) is 8.21. The molecule has 1 aromatic rings. The minimum Gasteiger partial charge on any atom is -0.496 e. The summed E-state index contributed by atoms with van der Waals surface area (Å²) in [6.07, 6.45) is 2.11. The van der Waals surface area contributed by atoms with E-state index in [-0.39, 0.29) is 23.1 Å². The molecule has 0 aromatic heterocycles. The lowest BCUT2D eigenvalue weighted by Crippen LogP contribution is -2.41. The fourth-order valence-electron chi connectivity index (χ4n) is 3.12. The van der Waals surface area contributed by atoms with Crippen LogP contribution in [0, 0.1) is 12.3 Å². The van der Waals surface area contributed by atoms with Crippen LogP contribution in [0.1, 0.15) is 56.0 Å². The molecule has 1 saturated heterocycles. The Bertz CT molecular complexity index is 601. The van der Waals surface area contributed by atoms with Gasteiger partial charge in [-0.3, -0.25) is 9.59 Å². The van der Waals surface area contributed by atoms with Gasteiger partial charge in [0.05, 0.1) is 13.2 Å². The quantitative estimate of drug-likeness (QED) is 0.797. The fraction of sp³-hybridized carbons (Fsp3) is 0.579. The maximum absolute atomic E-state index is 12.8. The number of aryl methyl sites for hydroxylation is 1. The Kier molecular flexibility index (Phi) is 5.12. The van der Waals surface area contributed by atoms with Gasteiger partial charge >= 0.3 is 0 Å². The fourth-order valence-corrected chi connectivity index (χ4v) is 3.12. The lowest BCUT2D eigenvalue weighted by atomic mass is 9.91. The third-order valence-electron chi connectivity index (χ3n) is 4.24. The summed E-state index contributed by atoms with van der Waals surface area (Å²) in [6, 6.07) is 5.14. The zero-order chi connectivity index (χ0) is 17.2. The molecule has 2 rings (SSSR count). The molecule has 4 heteroatoms. The third kappa shape index (κ3) is 4.12. The average molecular weight is 317 g/mol. The predicted molar refractivity (Wildman–Crippen MR) is 90.9 cm³/mol. The first-order chi connectivity index (χ1) is 10.7. The van der Waals surface area contributed by atoms with Crippen LogP contribution in [-0.4, -0.2) is 36.3 Å². The van der Waals surface area contributed by atoms with E-state index in [1.807, 2.05) is 39.8 Å².